The van der Waals surface area contributed by atoms with Crippen LogP contribution in [-0.4, -0.2) is 46.1 Å². The molecule has 1 aliphatic heterocycles. The average molecular weight is 290 g/mol. The summed E-state index contributed by atoms with van der Waals surface area (Å²) in [7, 11) is 0. The fourth-order valence-electron chi connectivity index (χ4n) is 2.62. The summed E-state index contributed by atoms with van der Waals surface area (Å²) in [5.74, 6) is 0.308. The van der Waals surface area contributed by atoms with Crippen molar-refractivity contribution in [1.29, 1.82) is 0 Å². The number of amides is 2. The quantitative estimate of drug-likeness (QED) is 0.886. The highest BCUT2D eigenvalue weighted by Crippen LogP contribution is 2.40. The van der Waals surface area contributed by atoms with Crippen molar-refractivity contribution in [2.24, 2.45) is 0 Å². The number of carbonyl (C=O) groups is 2. The predicted molar refractivity (Wildman–Crippen MR) is 78.1 cm³/mol. The van der Waals surface area contributed by atoms with Gasteiger partial charge in [-0.2, -0.15) is 5.10 Å². The summed E-state index contributed by atoms with van der Waals surface area (Å²) in [6.45, 7) is 7.32. The SMILES string of the molecule is CC(C)(C)n1nc(C2CC2)cc1C(=O)N1CCNC(=O)C1. The van der Waals surface area contributed by atoms with E-state index in [9.17, 15) is 9.59 Å². The molecule has 21 heavy (non-hydrogen) atoms. The minimum absolute atomic E-state index is 0.0980. The van der Waals surface area contributed by atoms with Crippen molar-refractivity contribution in [1.82, 2.24) is 20.0 Å². The summed E-state index contributed by atoms with van der Waals surface area (Å²) in [6, 6.07) is 1.91. The van der Waals surface area contributed by atoms with Crippen LogP contribution < -0.4 is 5.32 Å². The van der Waals surface area contributed by atoms with Crippen molar-refractivity contribution < 1.29 is 9.59 Å². The Morgan fingerprint density at radius 2 is 2.10 bits per heavy atom. The lowest BCUT2D eigenvalue weighted by molar-refractivity contribution is -0.123. The van der Waals surface area contributed by atoms with Crippen molar-refractivity contribution >= 4 is 11.8 Å². The van der Waals surface area contributed by atoms with Gasteiger partial charge >= 0.3 is 0 Å². The molecule has 2 fully saturated rings. The van der Waals surface area contributed by atoms with Crippen LogP contribution in [0.25, 0.3) is 0 Å². The first-order valence-corrected chi connectivity index (χ1v) is 7.52. The third-order valence-corrected chi connectivity index (χ3v) is 3.90. The van der Waals surface area contributed by atoms with Crippen LogP contribution in [0.15, 0.2) is 6.07 Å². The third-order valence-electron chi connectivity index (χ3n) is 3.90. The van der Waals surface area contributed by atoms with Gasteiger partial charge in [-0.15, -0.1) is 0 Å². The first-order valence-electron chi connectivity index (χ1n) is 7.52. The lowest BCUT2D eigenvalue weighted by Gasteiger charge is -2.28. The maximum absolute atomic E-state index is 12.8. The molecule has 6 heteroatoms. The highest BCUT2D eigenvalue weighted by atomic mass is 16.2. The van der Waals surface area contributed by atoms with Gasteiger partial charge in [0.15, 0.2) is 0 Å². The van der Waals surface area contributed by atoms with Gasteiger partial charge in [0.05, 0.1) is 17.8 Å². The number of piperazine rings is 1. The molecule has 114 valence electrons. The van der Waals surface area contributed by atoms with E-state index in [-0.39, 0.29) is 23.9 Å². The molecule has 2 amide bonds. The summed E-state index contributed by atoms with van der Waals surface area (Å²) in [6.07, 6.45) is 2.31. The van der Waals surface area contributed by atoms with Gasteiger partial charge in [-0.3, -0.25) is 14.3 Å². The molecule has 1 saturated carbocycles. The molecule has 0 atom stereocenters. The summed E-state index contributed by atoms with van der Waals surface area (Å²) >= 11 is 0. The molecule has 2 aliphatic rings. The van der Waals surface area contributed by atoms with E-state index in [4.69, 9.17) is 0 Å². The Labute approximate surface area is 124 Å². The minimum atomic E-state index is -0.254. The normalized spacial score (nSPS) is 19.6. The molecule has 0 aromatic carbocycles. The van der Waals surface area contributed by atoms with E-state index >= 15 is 0 Å². The van der Waals surface area contributed by atoms with Gasteiger partial charge in [-0.25, -0.2) is 0 Å². The van der Waals surface area contributed by atoms with Crippen molar-refractivity contribution in [2.45, 2.75) is 45.1 Å². The van der Waals surface area contributed by atoms with Gasteiger partial charge < -0.3 is 10.2 Å². The maximum atomic E-state index is 12.8. The summed E-state index contributed by atoms with van der Waals surface area (Å²) < 4.78 is 1.81. The topological polar surface area (TPSA) is 67.2 Å². The van der Waals surface area contributed by atoms with Crippen LogP contribution >= 0.6 is 0 Å². The molecule has 0 unspecified atom stereocenters. The smallest absolute Gasteiger partial charge is 0.272 e. The van der Waals surface area contributed by atoms with Gasteiger partial charge in [0.1, 0.15) is 5.69 Å². The molecule has 1 aromatic heterocycles. The van der Waals surface area contributed by atoms with Crippen molar-refractivity contribution in [3.05, 3.63) is 17.5 Å². The van der Waals surface area contributed by atoms with Crippen LogP contribution in [0.5, 0.6) is 0 Å². The molecule has 6 nitrogen and oxygen atoms in total. The zero-order valence-corrected chi connectivity index (χ0v) is 12.8. The Bertz CT molecular complexity index is 581. The van der Waals surface area contributed by atoms with E-state index < -0.39 is 0 Å². The van der Waals surface area contributed by atoms with Crippen LogP contribution in [0, 0.1) is 0 Å². The molecule has 0 spiro atoms. The van der Waals surface area contributed by atoms with Crippen LogP contribution in [0.3, 0.4) is 0 Å². The van der Waals surface area contributed by atoms with Gasteiger partial charge in [0.2, 0.25) is 5.91 Å². The van der Waals surface area contributed by atoms with E-state index in [0.717, 1.165) is 18.5 Å². The molecule has 1 N–H and O–H groups in total. The number of hydrogen-bond acceptors (Lipinski definition) is 3. The number of hydrogen-bond donors (Lipinski definition) is 1. The minimum Gasteiger partial charge on any atom is -0.353 e. The Morgan fingerprint density at radius 3 is 2.67 bits per heavy atom. The van der Waals surface area contributed by atoms with Crippen LogP contribution in [0.4, 0.5) is 0 Å². The number of nitrogens with one attached hydrogen (secondary N) is 1. The number of carbonyl (C=O) groups excluding carboxylic acids is 2. The molecule has 2 heterocycles. The second-order valence-corrected chi connectivity index (χ2v) is 6.89. The van der Waals surface area contributed by atoms with Gasteiger partial charge in [-0.05, 0) is 39.7 Å². The van der Waals surface area contributed by atoms with E-state index in [0.29, 0.717) is 24.7 Å². The third kappa shape index (κ3) is 2.80. The monoisotopic (exact) mass is 290 g/mol. The zero-order chi connectivity index (χ0) is 15.2. The Hall–Kier alpha value is -1.85. The fraction of sp³-hybridized carbons (Fsp3) is 0.667. The zero-order valence-electron chi connectivity index (χ0n) is 12.8. The molecule has 0 bridgehead atoms. The van der Waals surface area contributed by atoms with Crippen molar-refractivity contribution in [3.8, 4) is 0 Å². The maximum Gasteiger partial charge on any atom is 0.272 e. The molecular weight excluding hydrogens is 268 g/mol. The molecule has 1 saturated heterocycles. The summed E-state index contributed by atoms with van der Waals surface area (Å²) in [5.41, 5.74) is 1.35. The lowest BCUT2D eigenvalue weighted by Crippen LogP contribution is -2.50. The molecule has 0 radical (unpaired) electrons. The average Bonchev–Trinajstić information content (AvgIpc) is 3.15. The highest BCUT2D eigenvalue weighted by molar-refractivity contribution is 5.96. The second kappa shape index (κ2) is 4.86. The Morgan fingerprint density at radius 1 is 1.38 bits per heavy atom. The lowest BCUT2D eigenvalue weighted by atomic mass is 10.1. The molecule has 3 rings (SSSR count). The van der Waals surface area contributed by atoms with Crippen LogP contribution in [0.2, 0.25) is 0 Å². The number of nitrogens with zero attached hydrogens (tertiary/aromatic N) is 3. The molecule has 1 aromatic rings. The van der Waals surface area contributed by atoms with Gasteiger partial charge in [0.25, 0.3) is 5.91 Å². The van der Waals surface area contributed by atoms with Gasteiger partial charge in [0, 0.05) is 19.0 Å². The van der Waals surface area contributed by atoms with E-state index in [1.54, 1.807) is 4.90 Å². The van der Waals surface area contributed by atoms with Crippen molar-refractivity contribution in [3.63, 3.8) is 0 Å². The van der Waals surface area contributed by atoms with Crippen LogP contribution in [0.1, 0.15) is 55.7 Å². The van der Waals surface area contributed by atoms with E-state index in [1.807, 2.05) is 31.5 Å². The first-order chi connectivity index (χ1) is 9.86. The number of aromatic nitrogens is 2. The highest BCUT2D eigenvalue weighted by Gasteiger charge is 2.33. The molecular formula is C15H22N4O2. The first kappa shape index (κ1) is 14.1. The summed E-state index contributed by atoms with van der Waals surface area (Å²) in [5, 5.41) is 7.39. The predicted octanol–water partition coefficient (Wildman–Crippen LogP) is 1.09. The largest absolute Gasteiger partial charge is 0.353 e. The number of rotatable bonds is 2. The Balaban J connectivity index is 1.92. The van der Waals surface area contributed by atoms with Crippen molar-refractivity contribution in [2.75, 3.05) is 19.6 Å². The van der Waals surface area contributed by atoms with Gasteiger partial charge in [-0.1, -0.05) is 0 Å². The fourth-order valence-corrected chi connectivity index (χ4v) is 2.62. The van der Waals surface area contributed by atoms with E-state index in [1.165, 1.54) is 0 Å². The van der Waals surface area contributed by atoms with E-state index in [2.05, 4.69) is 10.4 Å². The van der Waals surface area contributed by atoms with Crippen LogP contribution in [-0.2, 0) is 10.3 Å². The second-order valence-electron chi connectivity index (χ2n) is 6.89. The standard InChI is InChI=1S/C15H22N4O2/c1-15(2,3)19-12(8-11(17-19)10-4-5-10)14(21)18-7-6-16-13(20)9-18/h8,10H,4-7,9H2,1-3H3,(H,16,20). The Kier molecular flexibility index (Phi) is 3.26. The molecule has 1 aliphatic carbocycles. The summed E-state index contributed by atoms with van der Waals surface area (Å²) in [4.78, 5) is 25.8.